The summed E-state index contributed by atoms with van der Waals surface area (Å²) in [6, 6.07) is 7.88. The third-order valence-corrected chi connectivity index (χ3v) is 3.41. The molecule has 2 aromatic rings. The van der Waals surface area contributed by atoms with Gasteiger partial charge in [0.05, 0.1) is 0 Å². The average Bonchev–Trinajstić information content (AvgIpc) is 2.47. The Labute approximate surface area is 136 Å². The molecule has 0 N–H and O–H groups in total. The van der Waals surface area contributed by atoms with Crippen molar-refractivity contribution in [3.8, 4) is 17.0 Å². The van der Waals surface area contributed by atoms with E-state index in [1.54, 1.807) is 24.3 Å². The van der Waals surface area contributed by atoms with Crippen LogP contribution in [0.4, 0.5) is 13.2 Å². The summed E-state index contributed by atoms with van der Waals surface area (Å²) < 4.78 is 43.1. The second kappa shape index (κ2) is 6.58. The van der Waals surface area contributed by atoms with Crippen molar-refractivity contribution in [2.75, 3.05) is 0 Å². The van der Waals surface area contributed by atoms with Gasteiger partial charge in [0, 0.05) is 22.3 Å². The normalized spacial score (nSPS) is 12.8. The molecule has 0 aliphatic rings. The number of carbonyl (C=O) groups excluding carboxylic acids is 1. The first-order valence-electron chi connectivity index (χ1n) is 6.69. The number of halogens is 4. The molecule has 0 aliphatic heterocycles. The molecular weight excluding hydrogens is 331 g/mol. The first-order chi connectivity index (χ1) is 10.7. The first kappa shape index (κ1) is 17.3. The van der Waals surface area contributed by atoms with Gasteiger partial charge in [-0.2, -0.15) is 13.2 Å². The molecule has 0 saturated heterocycles. The molecule has 0 amide bonds. The number of carbonyl (C=O) groups is 1. The monoisotopic (exact) mass is 343 g/mol. The van der Waals surface area contributed by atoms with Crippen molar-refractivity contribution in [2.45, 2.75) is 26.1 Å². The number of alkyl halides is 3. The van der Waals surface area contributed by atoms with Crippen LogP contribution in [-0.2, 0) is 0 Å². The predicted molar refractivity (Wildman–Crippen MR) is 80.8 cm³/mol. The summed E-state index contributed by atoms with van der Waals surface area (Å²) in [5.41, 5.74) is 1.13. The zero-order valence-corrected chi connectivity index (χ0v) is 13.1. The Morgan fingerprint density at radius 1 is 1.26 bits per heavy atom. The minimum absolute atomic E-state index is 0.192. The number of ether oxygens (including phenoxy) is 1. The Morgan fingerprint density at radius 3 is 2.39 bits per heavy atom. The quantitative estimate of drug-likeness (QED) is 0.738. The van der Waals surface area contributed by atoms with Crippen molar-refractivity contribution >= 4 is 17.4 Å². The molecule has 0 aliphatic carbocycles. The molecule has 7 heteroatoms. The Hall–Kier alpha value is -2.08. The number of Topliss-reactive ketones (excluding diaryl/α,β-unsaturated/α-hetero) is 1. The molecule has 0 bridgehead atoms. The zero-order chi connectivity index (χ0) is 17.2. The van der Waals surface area contributed by atoms with E-state index in [4.69, 9.17) is 16.3 Å². The number of nitrogens with zero attached hydrogens (tertiary/aromatic N) is 1. The van der Waals surface area contributed by atoms with Crippen molar-refractivity contribution in [2.24, 2.45) is 0 Å². The second-order valence-electron chi connectivity index (χ2n) is 4.94. The minimum atomic E-state index is -4.52. The van der Waals surface area contributed by atoms with E-state index in [0.717, 1.165) is 6.92 Å². The lowest BCUT2D eigenvalue weighted by Gasteiger charge is -2.19. The Kier molecular flexibility index (Phi) is 4.94. The van der Waals surface area contributed by atoms with Crippen molar-refractivity contribution in [1.82, 2.24) is 4.98 Å². The number of rotatable bonds is 4. The van der Waals surface area contributed by atoms with Gasteiger partial charge in [-0.25, -0.2) is 4.98 Å². The molecule has 3 nitrogen and oxygen atoms in total. The molecule has 1 atom stereocenters. The Balaban J connectivity index is 2.49. The van der Waals surface area contributed by atoms with Crippen LogP contribution in [0.1, 0.15) is 24.2 Å². The van der Waals surface area contributed by atoms with Gasteiger partial charge in [0.2, 0.25) is 5.88 Å². The molecule has 23 heavy (non-hydrogen) atoms. The number of hydrogen-bond acceptors (Lipinski definition) is 3. The SMILES string of the molecule is CC(=O)c1cnc(O[C@@H](C)C(F)(F)F)c(-c2ccc(Cl)cc2)c1. The fourth-order valence-corrected chi connectivity index (χ4v) is 1.94. The third-order valence-electron chi connectivity index (χ3n) is 3.16. The van der Waals surface area contributed by atoms with Gasteiger partial charge in [-0.15, -0.1) is 0 Å². The molecule has 0 unspecified atom stereocenters. The predicted octanol–water partition coefficient (Wildman–Crippen LogP) is 4.93. The van der Waals surface area contributed by atoms with Crippen LogP contribution in [-0.4, -0.2) is 23.0 Å². The third kappa shape index (κ3) is 4.22. The van der Waals surface area contributed by atoms with Gasteiger partial charge < -0.3 is 4.74 Å². The Morgan fingerprint density at radius 2 is 1.87 bits per heavy atom. The van der Waals surface area contributed by atoms with Gasteiger partial charge in [-0.1, -0.05) is 23.7 Å². The summed E-state index contributed by atoms with van der Waals surface area (Å²) in [5.74, 6) is -0.440. The molecule has 0 radical (unpaired) electrons. The summed E-state index contributed by atoms with van der Waals surface area (Å²) in [4.78, 5) is 15.4. The zero-order valence-electron chi connectivity index (χ0n) is 12.3. The van der Waals surface area contributed by atoms with Gasteiger partial charge >= 0.3 is 6.18 Å². The largest absolute Gasteiger partial charge is 0.465 e. The van der Waals surface area contributed by atoms with E-state index in [1.165, 1.54) is 19.2 Å². The van der Waals surface area contributed by atoms with Gasteiger partial charge in [0.15, 0.2) is 11.9 Å². The van der Waals surface area contributed by atoms with E-state index < -0.39 is 12.3 Å². The van der Waals surface area contributed by atoms with Crippen molar-refractivity contribution in [3.05, 3.63) is 47.1 Å². The van der Waals surface area contributed by atoms with Crippen LogP contribution in [0.25, 0.3) is 11.1 Å². The average molecular weight is 344 g/mol. The summed E-state index contributed by atoms with van der Waals surface area (Å²) >= 11 is 5.82. The van der Waals surface area contributed by atoms with E-state index in [1.807, 2.05) is 0 Å². The number of aromatic nitrogens is 1. The topological polar surface area (TPSA) is 39.2 Å². The highest BCUT2D eigenvalue weighted by molar-refractivity contribution is 6.30. The van der Waals surface area contributed by atoms with Crippen molar-refractivity contribution in [1.29, 1.82) is 0 Å². The maximum absolute atomic E-state index is 12.7. The summed E-state index contributed by atoms with van der Waals surface area (Å²) in [6.45, 7) is 2.24. The molecule has 0 saturated carbocycles. The Bertz CT molecular complexity index is 714. The molecule has 0 fully saturated rings. The van der Waals surface area contributed by atoms with Crippen LogP contribution in [0.3, 0.4) is 0 Å². The van der Waals surface area contributed by atoms with Crippen LogP contribution < -0.4 is 4.74 Å². The van der Waals surface area contributed by atoms with Gasteiger partial charge in [0.25, 0.3) is 0 Å². The highest BCUT2D eigenvalue weighted by Crippen LogP contribution is 2.33. The second-order valence-corrected chi connectivity index (χ2v) is 5.38. The fraction of sp³-hybridized carbons (Fsp3) is 0.250. The number of pyridine rings is 1. The summed E-state index contributed by atoms with van der Waals surface area (Å²) in [5, 5.41) is 0.482. The van der Waals surface area contributed by atoms with E-state index in [9.17, 15) is 18.0 Å². The van der Waals surface area contributed by atoms with Gasteiger partial charge in [0.1, 0.15) is 0 Å². The van der Waals surface area contributed by atoms with E-state index in [2.05, 4.69) is 4.98 Å². The highest BCUT2D eigenvalue weighted by atomic mass is 35.5. The van der Waals surface area contributed by atoms with Crippen molar-refractivity contribution in [3.63, 3.8) is 0 Å². The van der Waals surface area contributed by atoms with Gasteiger partial charge in [-0.05, 0) is 37.6 Å². The molecular formula is C16H13ClF3NO2. The van der Waals surface area contributed by atoms with Crippen LogP contribution in [0, 0.1) is 0 Å². The maximum atomic E-state index is 12.7. The minimum Gasteiger partial charge on any atom is -0.465 e. The lowest BCUT2D eigenvalue weighted by atomic mass is 10.0. The van der Waals surface area contributed by atoms with Crippen molar-refractivity contribution < 1.29 is 22.7 Å². The number of hydrogen-bond donors (Lipinski definition) is 0. The van der Waals surface area contributed by atoms with Crippen LogP contribution in [0.5, 0.6) is 5.88 Å². The molecule has 1 aromatic heterocycles. The molecule has 1 aromatic carbocycles. The van der Waals surface area contributed by atoms with Gasteiger partial charge in [-0.3, -0.25) is 4.79 Å². The maximum Gasteiger partial charge on any atom is 0.425 e. The lowest BCUT2D eigenvalue weighted by Crippen LogP contribution is -2.31. The number of benzene rings is 1. The molecule has 0 spiro atoms. The van der Waals surface area contributed by atoms with E-state index >= 15 is 0 Å². The van der Waals surface area contributed by atoms with Crippen LogP contribution in [0.2, 0.25) is 5.02 Å². The smallest absolute Gasteiger partial charge is 0.425 e. The van der Waals surface area contributed by atoms with E-state index in [-0.39, 0.29) is 17.2 Å². The lowest BCUT2D eigenvalue weighted by molar-refractivity contribution is -0.189. The first-order valence-corrected chi connectivity index (χ1v) is 7.06. The van der Waals surface area contributed by atoms with Crippen LogP contribution in [0.15, 0.2) is 36.5 Å². The molecule has 122 valence electrons. The standard InChI is InChI=1S/C16H13ClF3NO2/c1-9(22)12-7-14(11-3-5-13(17)6-4-11)15(21-8-12)23-10(2)16(18,19)20/h3-8,10H,1-2H3/t10-/m0/s1. The summed E-state index contributed by atoms with van der Waals surface area (Å²) in [6.07, 6.45) is -5.34. The van der Waals surface area contributed by atoms with E-state index in [0.29, 0.717) is 16.1 Å². The molecule has 1 heterocycles. The van der Waals surface area contributed by atoms with Crippen LogP contribution >= 0.6 is 11.6 Å². The number of ketones is 1. The summed E-state index contributed by atoms with van der Waals surface area (Å²) in [7, 11) is 0. The highest BCUT2D eigenvalue weighted by Gasteiger charge is 2.38. The fourth-order valence-electron chi connectivity index (χ4n) is 1.81. The molecule has 2 rings (SSSR count).